The lowest BCUT2D eigenvalue weighted by Crippen LogP contribution is -2.43. The van der Waals surface area contributed by atoms with Gasteiger partial charge in [0, 0.05) is 4.88 Å². The van der Waals surface area contributed by atoms with Crippen molar-refractivity contribution < 1.29 is 23.9 Å². The highest BCUT2D eigenvalue weighted by molar-refractivity contribution is 7.16. The molecule has 3 rings (SSSR count). The Morgan fingerprint density at radius 3 is 2.76 bits per heavy atom. The third-order valence-corrected chi connectivity index (χ3v) is 5.27. The molecule has 0 bridgehead atoms. The largest absolute Gasteiger partial charge is 0.464 e. The number of anilines is 2. The number of nitrogens with one attached hydrogen (secondary N) is 3. The van der Waals surface area contributed by atoms with Crippen LogP contribution in [0.4, 0.5) is 10.8 Å². The van der Waals surface area contributed by atoms with E-state index < -0.39 is 29.7 Å². The first kappa shape index (κ1) is 20.5. The maximum atomic E-state index is 12.4. The summed E-state index contributed by atoms with van der Waals surface area (Å²) in [4.78, 5) is 53.9. The van der Waals surface area contributed by atoms with Crippen LogP contribution in [0.25, 0.3) is 0 Å². The normalized spacial score (nSPS) is 15.6. The number of fused-ring (bicyclic) bond motifs is 1. The molecule has 0 saturated carbocycles. The molecule has 0 spiro atoms. The number of thiazole rings is 1. The summed E-state index contributed by atoms with van der Waals surface area (Å²) in [7, 11) is 1.26. The van der Waals surface area contributed by atoms with Crippen molar-refractivity contribution >= 4 is 45.8 Å². The molecule has 1 aromatic carbocycles. The van der Waals surface area contributed by atoms with Crippen molar-refractivity contribution in [2.45, 2.75) is 32.2 Å². The minimum atomic E-state index is -1.04. The van der Waals surface area contributed by atoms with E-state index in [2.05, 4.69) is 20.9 Å². The Hall–Kier alpha value is -3.27. The first-order valence-corrected chi connectivity index (χ1v) is 9.83. The number of aryl methyl sites for hydroxylation is 1. The summed E-state index contributed by atoms with van der Waals surface area (Å²) in [6, 6.07) is 5.56. The Morgan fingerprint density at radius 2 is 2.03 bits per heavy atom. The van der Waals surface area contributed by atoms with Crippen LogP contribution in [0.15, 0.2) is 24.3 Å². The molecule has 0 saturated heterocycles. The number of nitrogens with zero attached hydrogens (tertiary/aromatic N) is 1. The number of rotatable bonds is 6. The zero-order chi connectivity index (χ0) is 21.0. The van der Waals surface area contributed by atoms with E-state index >= 15 is 0 Å². The summed E-state index contributed by atoms with van der Waals surface area (Å²) in [6.07, 6.45) is 1.15. The van der Waals surface area contributed by atoms with Gasteiger partial charge in [-0.15, -0.1) is 11.3 Å². The van der Waals surface area contributed by atoms with Gasteiger partial charge in [0.25, 0.3) is 5.91 Å². The molecule has 3 amide bonds. The van der Waals surface area contributed by atoms with Gasteiger partial charge in [-0.05, 0) is 18.6 Å². The molecule has 0 unspecified atom stereocenters. The number of para-hydroxylation sites is 1. The van der Waals surface area contributed by atoms with Gasteiger partial charge < -0.3 is 20.7 Å². The molecule has 2 heterocycles. The van der Waals surface area contributed by atoms with E-state index in [-0.39, 0.29) is 17.2 Å². The van der Waals surface area contributed by atoms with E-state index in [0.717, 1.165) is 6.42 Å². The van der Waals surface area contributed by atoms with Gasteiger partial charge in [0.1, 0.15) is 6.04 Å². The van der Waals surface area contributed by atoms with Crippen LogP contribution < -0.4 is 16.0 Å². The van der Waals surface area contributed by atoms with E-state index in [1.165, 1.54) is 18.4 Å². The molecular weight excluding hydrogens is 396 g/mol. The minimum Gasteiger partial charge on any atom is -0.464 e. The van der Waals surface area contributed by atoms with Gasteiger partial charge in [-0.25, -0.2) is 9.78 Å². The second-order valence-electron chi connectivity index (χ2n) is 6.35. The smallest absolute Gasteiger partial charge is 0.357 e. The molecule has 1 atom stereocenters. The number of esters is 1. The first-order chi connectivity index (χ1) is 13.9. The van der Waals surface area contributed by atoms with Crippen LogP contribution in [0.5, 0.6) is 0 Å². The number of amides is 3. The van der Waals surface area contributed by atoms with Gasteiger partial charge in [0.15, 0.2) is 10.8 Å². The lowest BCUT2D eigenvalue weighted by atomic mass is 10.1. The maximum Gasteiger partial charge on any atom is 0.357 e. The molecule has 10 heteroatoms. The van der Waals surface area contributed by atoms with Gasteiger partial charge in [-0.3, -0.25) is 14.4 Å². The third kappa shape index (κ3) is 4.60. The fraction of sp³-hybridized carbons (Fsp3) is 0.316. The predicted molar refractivity (Wildman–Crippen MR) is 107 cm³/mol. The number of hydrogen-bond acceptors (Lipinski definition) is 7. The van der Waals surface area contributed by atoms with Crippen molar-refractivity contribution in [3.8, 4) is 0 Å². The summed E-state index contributed by atoms with van der Waals surface area (Å²) >= 11 is 1.18. The van der Waals surface area contributed by atoms with Crippen molar-refractivity contribution in [1.82, 2.24) is 10.3 Å². The number of methoxy groups -OCH3 is 1. The molecule has 1 aromatic heterocycles. The Labute approximate surface area is 170 Å². The Kier molecular flexibility index (Phi) is 6.23. The van der Waals surface area contributed by atoms with Gasteiger partial charge in [-0.1, -0.05) is 25.5 Å². The molecule has 3 N–H and O–H groups in total. The minimum absolute atomic E-state index is 0.172. The highest BCUT2D eigenvalue weighted by Gasteiger charge is 2.30. The molecule has 2 aromatic rings. The molecule has 0 fully saturated rings. The SMILES string of the molecule is CCCc1sc(NC(=O)C[C@H]2NC(=O)c3ccccc3NC2=O)nc1C(=O)OC. The van der Waals surface area contributed by atoms with E-state index in [1.54, 1.807) is 24.3 Å². The van der Waals surface area contributed by atoms with Crippen LogP contribution in [-0.2, 0) is 20.7 Å². The predicted octanol–water partition coefficient (Wildman–Crippen LogP) is 1.96. The van der Waals surface area contributed by atoms with Gasteiger partial charge in [-0.2, -0.15) is 0 Å². The lowest BCUT2D eigenvalue weighted by Gasteiger charge is -2.13. The molecule has 29 heavy (non-hydrogen) atoms. The fourth-order valence-electron chi connectivity index (χ4n) is 2.87. The maximum absolute atomic E-state index is 12.4. The van der Waals surface area contributed by atoms with Crippen LogP contribution in [0.3, 0.4) is 0 Å². The summed E-state index contributed by atoms with van der Waals surface area (Å²) < 4.78 is 4.73. The topological polar surface area (TPSA) is 126 Å². The standard InChI is InChI=1S/C19H20N4O5S/c1-3-6-13-15(18(27)28-2)23-19(29-13)22-14(24)9-12-17(26)20-11-8-5-4-7-10(11)16(25)21-12/h4-5,7-8,12H,3,6,9H2,1-2H3,(H,20,26)(H,21,25)(H,22,23,24)/t12-/m1/s1. The molecule has 0 radical (unpaired) electrons. The fourth-order valence-corrected chi connectivity index (χ4v) is 3.94. The number of carbonyl (C=O) groups is 4. The van der Waals surface area contributed by atoms with Gasteiger partial charge in [0.2, 0.25) is 11.8 Å². The van der Waals surface area contributed by atoms with Crippen LogP contribution >= 0.6 is 11.3 Å². The lowest BCUT2D eigenvalue weighted by molar-refractivity contribution is -0.122. The third-order valence-electron chi connectivity index (χ3n) is 4.24. The van der Waals surface area contributed by atoms with Crippen molar-refractivity contribution in [2.24, 2.45) is 0 Å². The number of hydrogen-bond donors (Lipinski definition) is 3. The Bertz CT molecular complexity index is 971. The quantitative estimate of drug-likeness (QED) is 0.618. The Balaban J connectivity index is 1.70. The molecule has 152 valence electrons. The summed E-state index contributed by atoms with van der Waals surface area (Å²) in [6.45, 7) is 1.96. The zero-order valence-electron chi connectivity index (χ0n) is 15.9. The molecule has 1 aliphatic heterocycles. The average Bonchev–Trinajstić information content (AvgIpc) is 3.04. The highest BCUT2D eigenvalue weighted by Crippen LogP contribution is 2.25. The highest BCUT2D eigenvalue weighted by atomic mass is 32.1. The van der Waals surface area contributed by atoms with Crippen LogP contribution in [0, 0.1) is 0 Å². The van der Waals surface area contributed by atoms with Crippen molar-refractivity contribution in [1.29, 1.82) is 0 Å². The van der Waals surface area contributed by atoms with Gasteiger partial charge in [0.05, 0.1) is 24.8 Å². The average molecular weight is 416 g/mol. The molecule has 0 aliphatic carbocycles. The zero-order valence-corrected chi connectivity index (χ0v) is 16.7. The van der Waals surface area contributed by atoms with E-state index in [4.69, 9.17) is 4.74 Å². The van der Waals surface area contributed by atoms with Crippen LogP contribution in [-0.4, -0.2) is 41.8 Å². The summed E-state index contributed by atoms with van der Waals surface area (Å²) in [5.74, 6) is -2.01. The van der Waals surface area contributed by atoms with E-state index in [0.29, 0.717) is 22.5 Å². The summed E-state index contributed by atoms with van der Waals surface area (Å²) in [5, 5.41) is 8.04. The van der Waals surface area contributed by atoms with E-state index in [1.807, 2.05) is 6.92 Å². The second kappa shape index (κ2) is 8.82. The van der Waals surface area contributed by atoms with Crippen LogP contribution in [0.2, 0.25) is 0 Å². The van der Waals surface area contributed by atoms with Gasteiger partial charge >= 0.3 is 5.97 Å². The first-order valence-electron chi connectivity index (χ1n) is 9.01. The number of carbonyl (C=O) groups excluding carboxylic acids is 4. The summed E-state index contributed by atoms with van der Waals surface area (Å²) in [5.41, 5.74) is 0.894. The molecule has 1 aliphatic rings. The van der Waals surface area contributed by atoms with Crippen molar-refractivity contribution in [3.05, 3.63) is 40.4 Å². The number of benzene rings is 1. The van der Waals surface area contributed by atoms with E-state index in [9.17, 15) is 19.2 Å². The molecule has 9 nitrogen and oxygen atoms in total. The Morgan fingerprint density at radius 1 is 1.28 bits per heavy atom. The second-order valence-corrected chi connectivity index (χ2v) is 7.43. The van der Waals surface area contributed by atoms with Crippen molar-refractivity contribution in [3.63, 3.8) is 0 Å². The van der Waals surface area contributed by atoms with Crippen molar-refractivity contribution in [2.75, 3.05) is 17.7 Å². The van der Waals surface area contributed by atoms with Crippen LogP contribution in [0.1, 0.15) is 45.5 Å². The number of aromatic nitrogens is 1. The number of ether oxygens (including phenoxy) is 1. The monoisotopic (exact) mass is 416 g/mol. The molecular formula is C19H20N4O5S.